The number of primary amides is 1. The number of rotatable bonds is 2. The first-order chi connectivity index (χ1) is 6.93. The van der Waals surface area contributed by atoms with Gasteiger partial charge in [-0.15, -0.1) is 0 Å². The molecular weight excluding hydrogens is 220 g/mol. The predicted molar refractivity (Wildman–Crippen MR) is 56.4 cm³/mol. The number of amides is 2. The molecule has 2 amide bonds. The maximum absolute atomic E-state index is 10.8. The summed E-state index contributed by atoms with van der Waals surface area (Å²) in [4.78, 5) is 22.6. The van der Waals surface area contributed by atoms with E-state index in [1.54, 1.807) is 0 Å². The molecule has 0 aliphatic rings. The summed E-state index contributed by atoms with van der Waals surface area (Å²) in [6.45, 7) is 0. The Bertz CT molecular complexity index is 420. The lowest BCUT2D eigenvalue weighted by atomic mass is 10.2. The van der Waals surface area contributed by atoms with E-state index in [0.717, 1.165) is 4.90 Å². The second-order valence-corrected chi connectivity index (χ2v) is 3.27. The lowest BCUT2D eigenvalue weighted by Gasteiger charge is -2.14. The molecule has 3 N–H and O–H groups in total. The number of carboxylic acid groups (broad SMARTS) is 1. The number of nitrogens with two attached hydrogens (primary N) is 1. The molecule has 15 heavy (non-hydrogen) atoms. The highest BCUT2D eigenvalue weighted by Crippen LogP contribution is 2.22. The van der Waals surface area contributed by atoms with Gasteiger partial charge in [0.25, 0.3) is 0 Å². The Balaban J connectivity index is 3.12. The number of anilines is 1. The lowest BCUT2D eigenvalue weighted by molar-refractivity contribution is 0.0697. The van der Waals surface area contributed by atoms with E-state index in [0.29, 0.717) is 5.69 Å². The normalized spacial score (nSPS) is 9.73. The van der Waals surface area contributed by atoms with E-state index >= 15 is 0 Å². The number of carbonyl (C=O) groups is 2. The zero-order valence-corrected chi connectivity index (χ0v) is 8.65. The minimum absolute atomic E-state index is 0.0155. The van der Waals surface area contributed by atoms with Gasteiger partial charge in [-0.25, -0.2) is 9.59 Å². The maximum atomic E-state index is 10.8. The van der Waals surface area contributed by atoms with Gasteiger partial charge in [0.15, 0.2) is 0 Å². The maximum Gasteiger partial charge on any atom is 0.337 e. The van der Waals surface area contributed by atoms with Crippen LogP contribution in [0.3, 0.4) is 0 Å². The van der Waals surface area contributed by atoms with Gasteiger partial charge in [0.05, 0.1) is 10.6 Å². The Labute approximate surface area is 91.0 Å². The fourth-order valence-electron chi connectivity index (χ4n) is 1.01. The standard InChI is InChI=1S/C9H9ClN2O3/c1-12(9(11)15)5-2-3-6(8(13)14)7(10)4-5/h2-4H,1H3,(H2,11,15)(H,13,14). The van der Waals surface area contributed by atoms with Gasteiger partial charge >= 0.3 is 12.0 Å². The number of halogens is 1. The van der Waals surface area contributed by atoms with E-state index in [9.17, 15) is 9.59 Å². The van der Waals surface area contributed by atoms with Gasteiger partial charge in [-0.05, 0) is 18.2 Å². The average molecular weight is 229 g/mol. The molecule has 0 fully saturated rings. The van der Waals surface area contributed by atoms with Crippen LogP contribution in [0.25, 0.3) is 0 Å². The molecule has 1 rings (SSSR count). The third-order valence-electron chi connectivity index (χ3n) is 1.90. The molecule has 0 saturated carbocycles. The Hall–Kier alpha value is -1.75. The van der Waals surface area contributed by atoms with Crippen LogP contribution < -0.4 is 10.6 Å². The quantitative estimate of drug-likeness (QED) is 0.806. The SMILES string of the molecule is CN(C(N)=O)c1ccc(C(=O)O)c(Cl)c1. The largest absolute Gasteiger partial charge is 0.478 e. The zero-order chi connectivity index (χ0) is 11.6. The summed E-state index contributed by atoms with van der Waals surface area (Å²) in [5.41, 5.74) is 5.47. The van der Waals surface area contributed by atoms with Crippen molar-refractivity contribution in [2.45, 2.75) is 0 Å². The van der Waals surface area contributed by atoms with Crippen molar-refractivity contribution >= 4 is 29.3 Å². The zero-order valence-electron chi connectivity index (χ0n) is 7.90. The van der Waals surface area contributed by atoms with E-state index in [4.69, 9.17) is 22.4 Å². The van der Waals surface area contributed by atoms with Crippen LogP contribution in [-0.2, 0) is 0 Å². The van der Waals surface area contributed by atoms with E-state index in [2.05, 4.69) is 0 Å². The van der Waals surface area contributed by atoms with Gasteiger partial charge in [-0.3, -0.25) is 4.90 Å². The van der Waals surface area contributed by atoms with E-state index < -0.39 is 12.0 Å². The van der Waals surface area contributed by atoms with Crippen molar-refractivity contribution in [1.82, 2.24) is 0 Å². The number of hydrogen-bond acceptors (Lipinski definition) is 2. The fourth-order valence-corrected chi connectivity index (χ4v) is 1.27. The van der Waals surface area contributed by atoms with Crippen LogP contribution in [0, 0.1) is 0 Å². The molecule has 0 aliphatic heterocycles. The molecule has 6 heteroatoms. The third kappa shape index (κ3) is 2.38. The Morgan fingerprint density at radius 1 is 1.47 bits per heavy atom. The van der Waals surface area contributed by atoms with Gasteiger partial charge in [0, 0.05) is 12.7 Å². The molecule has 5 nitrogen and oxygen atoms in total. The molecule has 0 unspecified atom stereocenters. The summed E-state index contributed by atoms with van der Waals surface area (Å²) in [6, 6.07) is 3.50. The van der Waals surface area contributed by atoms with E-state index in [1.807, 2.05) is 0 Å². The first-order valence-corrected chi connectivity index (χ1v) is 4.37. The van der Waals surface area contributed by atoms with Crippen LogP contribution in [0.2, 0.25) is 5.02 Å². The summed E-state index contributed by atoms with van der Waals surface area (Å²) < 4.78 is 0. The highest BCUT2D eigenvalue weighted by molar-refractivity contribution is 6.33. The van der Waals surface area contributed by atoms with E-state index in [1.165, 1.54) is 25.2 Å². The molecule has 0 aromatic heterocycles. The molecule has 0 spiro atoms. The van der Waals surface area contributed by atoms with Crippen LogP contribution in [0.1, 0.15) is 10.4 Å². The summed E-state index contributed by atoms with van der Waals surface area (Å²) in [7, 11) is 1.47. The number of urea groups is 1. The van der Waals surface area contributed by atoms with Crippen molar-refractivity contribution in [2.75, 3.05) is 11.9 Å². The molecule has 0 heterocycles. The molecule has 0 saturated heterocycles. The summed E-state index contributed by atoms with van der Waals surface area (Å²) in [6.07, 6.45) is 0. The van der Waals surface area contributed by atoms with Crippen molar-refractivity contribution in [3.05, 3.63) is 28.8 Å². The molecule has 0 radical (unpaired) electrons. The number of nitrogens with zero attached hydrogens (tertiary/aromatic N) is 1. The number of aromatic carboxylic acids is 1. The van der Waals surface area contributed by atoms with Crippen molar-refractivity contribution in [1.29, 1.82) is 0 Å². The molecular formula is C9H9ClN2O3. The Morgan fingerprint density at radius 3 is 2.47 bits per heavy atom. The van der Waals surface area contributed by atoms with Gasteiger partial charge in [0.2, 0.25) is 0 Å². The number of carboxylic acids is 1. The fraction of sp³-hybridized carbons (Fsp3) is 0.111. The summed E-state index contributed by atoms with van der Waals surface area (Å²) in [5.74, 6) is -1.12. The van der Waals surface area contributed by atoms with Crippen LogP contribution >= 0.6 is 11.6 Å². The van der Waals surface area contributed by atoms with Crippen molar-refractivity contribution in [2.24, 2.45) is 5.73 Å². The van der Waals surface area contributed by atoms with Gasteiger partial charge < -0.3 is 10.8 Å². The van der Waals surface area contributed by atoms with Crippen molar-refractivity contribution < 1.29 is 14.7 Å². The average Bonchev–Trinajstić information content (AvgIpc) is 2.15. The smallest absolute Gasteiger partial charge is 0.337 e. The van der Waals surface area contributed by atoms with Crippen LogP contribution in [0.4, 0.5) is 10.5 Å². The predicted octanol–water partition coefficient (Wildman–Crippen LogP) is 1.55. The number of hydrogen-bond donors (Lipinski definition) is 2. The lowest BCUT2D eigenvalue weighted by Crippen LogP contribution is -2.31. The van der Waals surface area contributed by atoms with Crippen molar-refractivity contribution in [3.63, 3.8) is 0 Å². The minimum Gasteiger partial charge on any atom is -0.478 e. The monoisotopic (exact) mass is 228 g/mol. The first kappa shape index (κ1) is 11.3. The molecule has 0 bridgehead atoms. The van der Waals surface area contributed by atoms with Gasteiger partial charge in [-0.2, -0.15) is 0 Å². The summed E-state index contributed by atoms with van der Waals surface area (Å²) in [5, 5.41) is 8.78. The van der Waals surface area contributed by atoms with E-state index in [-0.39, 0.29) is 10.6 Å². The highest BCUT2D eigenvalue weighted by Gasteiger charge is 2.12. The van der Waals surface area contributed by atoms with Gasteiger partial charge in [-0.1, -0.05) is 11.6 Å². The van der Waals surface area contributed by atoms with Crippen LogP contribution in [0.5, 0.6) is 0 Å². The molecule has 0 atom stereocenters. The topological polar surface area (TPSA) is 83.6 Å². The third-order valence-corrected chi connectivity index (χ3v) is 2.21. The number of carbonyl (C=O) groups excluding carboxylic acids is 1. The second kappa shape index (κ2) is 4.18. The molecule has 0 aliphatic carbocycles. The Morgan fingerprint density at radius 2 is 2.07 bits per heavy atom. The van der Waals surface area contributed by atoms with Crippen LogP contribution in [-0.4, -0.2) is 24.2 Å². The van der Waals surface area contributed by atoms with Crippen molar-refractivity contribution in [3.8, 4) is 0 Å². The molecule has 80 valence electrons. The molecule has 1 aromatic rings. The highest BCUT2D eigenvalue weighted by atomic mass is 35.5. The second-order valence-electron chi connectivity index (χ2n) is 2.87. The first-order valence-electron chi connectivity index (χ1n) is 3.99. The Kier molecular flexibility index (Phi) is 3.16. The summed E-state index contributed by atoms with van der Waals surface area (Å²) >= 11 is 5.71. The minimum atomic E-state index is -1.12. The van der Waals surface area contributed by atoms with Crippen LogP contribution in [0.15, 0.2) is 18.2 Å². The molecule has 1 aromatic carbocycles. The van der Waals surface area contributed by atoms with Gasteiger partial charge in [0.1, 0.15) is 0 Å². The number of benzene rings is 1.